The third kappa shape index (κ3) is 4.30. The number of nitrogens with zero attached hydrogens (tertiary/aromatic N) is 3. The van der Waals surface area contributed by atoms with Crippen LogP contribution >= 0.6 is 0 Å². The van der Waals surface area contributed by atoms with Gasteiger partial charge in [-0.05, 0) is 49.6 Å². The second-order valence-corrected chi connectivity index (χ2v) is 7.30. The molecule has 1 aliphatic rings. The summed E-state index contributed by atoms with van der Waals surface area (Å²) in [5.74, 6) is 0.960. The maximum atomic E-state index is 12.4. The van der Waals surface area contributed by atoms with Gasteiger partial charge in [-0.3, -0.25) is 0 Å². The van der Waals surface area contributed by atoms with Crippen LogP contribution in [-0.2, 0) is 17.8 Å². The number of benzene rings is 2. The smallest absolute Gasteiger partial charge is 0.345 e. The van der Waals surface area contributed by atoms with Crippen molar-refractivity contribution in [3.05, 3.63) is 71.4 Å². The van der Waals surface area contributed by atoms with Crippen molar-refractivity contribution >= 4 is 17.6 Å². The van der Waals surface area contributed by atoms with Crippen molar-refractivity contribution < 1.29 is 19.0 Å². The molecule has 0 bridgehead atoms. The predicted octanol–water partition coefficient (Wildman–Crippen LogP) is 4.32. The lowest BCUT2D eigenvalue weighted by atomic mass is 10.1. The van der Waals surface area contributed by atoms with Crippen molar-refractivity contribution in [1.29, 1.82) is 0 Å². The van der Waals surface area contributed by atoms with Gasteiger partial charge in [0.1, 0.15) is 17.9 Å². The number of anilines is 2. The van der Waals surface area contributed by atoms with Crippen LogP contribution in [0.5, 0.6) is 11.6 Å². The molecule has 0 amide bonds. The number of esters is 1. The average molecular weight is 419 g/mol. The Hall–Kier alpha value is -3.61. The van der Waals surface area contributed by atoms with Crippen molar-refractivity contribution in [2.24, 2.45) is 0 Å². The second kappa shape index (κ2) is 9.04. The molecule has 0 aliphatic carbocycles. The van der Waals surface area contributed by atoms with Gasteiger partial charge in [-0.1, -0.05) is 30.3 Å². The molecule has 2 aromatic carbocycles. The molecule has 0 spiro atoms. The number of para-hydroxylation sites is 1. The Morgan fingerprint density at radius 1 is 1.16 bits per heavy atom. The third-order valence-corrected chi connectivity index (χ3v) is 5.19. The Morgan fingerprint density at radius 3 is 2.68 bits per heavy atom. The topological polar surface area (TPSA) is 73.8 Å². The van der Waals surface area contributed by atoms with Gasteiger partial charge in [-0.15, -0.1) is 0 Å². The Morgan fingerprint density at radius 2 is 1.94 bits per heavy atom. The molecule has 7 heteroatoms. The van der Waals surface area contributed by atoms with Crippen LogP contribution in [0.1, 0.15) is 35.3 Å². The van der Waals surface area contributed by atoms with E-state index in [4.69, 9.17) is 14.2 Å². The summed E-state index contributed by atoms with van der Waals surface area (Å²) in [5, 5.41) is 0. The highest BCUT2D eigenvalue weighted by atomic mass is 16.5. The van der Waals surface area contributed by atoms with Crippen LogP contribution in [0.25, 0.3) is 0 Å². The van der Waals surface area contributed by atoms with Gasteiger partial charge in [0.25, 0.3) is 0 Å². The van der Waals surface area contributed by atoms with Gasteiger partial charge in [0.05, 0.1) is 19.9 Å². The molecule has 0 N–H and O–H groups in total. The molecule has 160 valence electrons. The molecule has 0 fully saturated rings. The fraction of sp³-hybridized carbons (Fsp3) is 0.292. The first kappa shape index (κ1) is 20.7. The zero-order chi connectivity index (χ0) is 21.8. The fourth-order valence-corrected chi connectivity index (χ4v) is 3.68. The SMILES string of the molecule is CCOC(=O)c1cnc(N2c3ccccc3C[C@H]2C)nc1OCc1ccc(OC)cc1. The van der Waals surface area contributed by atoms with E-state index in [0.29, 0.717) is 5.95 Å². The van der Waals surface area contributed by atoms with Crippen molar-refractivity contribution in [2.75, 3.05) is 18.6 Å². The van der Waals surface area contributed by atoms with Crippen molar-refractivity contribution in [1.82, 2.24) is 9.97 Å². The number of ether oxygens (including phenoxy) is 3. The van der Waals surface area contributed by atoms with E-state index in [1.807, 2.05) is 36.4 Å². The fourth-order valence-electron chi connectivity index (χ4n) is 3.68. The zero-order valence-corrected chi connectivity index (χ0v) is 17.9. The van der Waals surface area contributed by atoms with Crippen molar-refractivity contribution in [3.8, 4) is 11.6 Å². The molecule has 0 unspecified atom stereocenters. The number of hydrogen-bond acceptors (Lipinski definition) is 7. The van der Waals surface area contributed by atoms with Crippen LogP contribution in [0.15, 0.2) is 54.7 Å². The number of hydrogen-bond donors (Lipinski definition) is 0. The maximum absolute atomic E-state index is 12.4. The molecule has 1 aliphatic heterocycles. The normalized spacial score (nSPS) is 14.8. The summed E-state index contributed by atoms with van der Waals surface area (Å²) in [4.78, 5) is 23.6. The van der Waals surface area contributed by atoms with Gasteiger partial charge in [0.2, 0.25) is 11.8 Å². The van der Waals surface area contributed by atoms with E-state index in [1.54, 1.807) is 14.0 Å². The van der Waals surface area contributed by atoms with Crippen molar-refractivity contribution in [2.45, 2.75) is 32.9 Å². The third-order valence-electron chi connectivity index (χ3n) is 5.19. The zero-order valence-electron chi connectivity index (χ0n) is 17.9. The van der Waals surface area contributed by atoms with E-state index < -0.39 is 5.97 Å². The van der Waals surface area contributed by atoms with E-state index in [2.05, 4.69) is 33.9 Å². The van der Waals surface area contributed by atoms with Crippen LogP contribution in [0.3, 0.4) is 0 Å². The van der Waals surface area contributed by atoms with E-state index in [-0.39, 0.29) is 30.7 Å². The lowest BCUT2D eigenvalue weighted by Gasteiger charge is -2.23. The molecule has 1 atom stereocenters. The van der Waals surface area contributed by atoms with Gasteiger partial charge in [0, 0.05) is 11.7 Å². The minimum atomic E-state index is -0.506. The number of carbonyl (C=O) groups is 1. The summed E-state index contributed by atoms with van der Waals surface area (Å²) in [5.41, 5.74) is 3.45. The molecule has 7 nitrogen and oxygen atoms in total. The second-order valence-electron chi connectivity index (χ2n) is 7.30. The van der Waals surface area contributed by atoms with Crippen LogP contribution in [0.4, 0.5) is 11.6 Å². The van der Waals surface area contributed by atoms with Gasteiger partial charge in [0.15, 0.2) is 0 Å². The highest BCUT2D eigenvalue weighted by Crippen LogP contribution is 2.37. The van der Waals surface area contributed by atoms with Gasteiger partial charge in [-0.25, -0.2) is 9.78 Å². The molecule has 0 saturated carbocycles. The van der Waals surface area contributed by atoms with E-state index in [1.165, 1.54) is 11.8 Å². The molecule has 1 aromatic heterocycles. The molecule has 31 heavy (non-hydrogen) atoms. The number of rotatable bonds is 7. The molecule has 4 rings (SSSR count). The molecule has 3 aromatic rings. The molecule has 0 saturated heterocycles. The monoisotopic (exact) mass is 419 g/mol. The Kier molecular flexibility index (Phi) is 6.02. The maximum Gasteiger partial charge on any atom is 0.345 e. The summed E-state index contributed by atoms with van der Waals surface area (Å²) in [6.45, 7) is 4.39. The first-order valence-electron chi connectivity index (χ1n) is 10.3. The molecule has 2 heterocycles. The Balaban J connectivity index is 1.65. The Labute approximate surface area is 181 Å². The lowest BCUT2D eigenvalue weighted by molar-refractivity contribution is 0.0519. The Bertz CT molecular complexity index is 1070. The molecular weight excluding hydrogens is 394 g/mol. The molecule has 0 radical (unpaired) electrons. The van der Waals surface area contributed by atoms with E-state index in [0.717, 1.165) is 23.4 Å². The van der Waals surface area contributed by atoms with Crippen LogP contribution in [-0.4, -0.2) is 35.7 Å². The molecular formula is C24H25N3O4. The van der Waals surface area contributed by atoms with E-state index in [9.17, 15) is 4.79 Å². The van der Waals surface area contributed by atoms with E-state index >= 15 is 0 Å². The predicted molar refractivity (Wildman–Crippen MR) is 117 cm³/mol. The minimum Gasteiger partial charge on any atom is -0.497 e. The lowest BCUT2D eigenvalue weighted by Crippen LogP contribution is -2.26. The van der Waals surface area contributed by atoms with Crippen molar-refractivity contribution in [3.63, 3.8) is 0 Å². The van der Waals surface area contributed by atoms with Crippen LogP contribution in [0, 0.1) is 0 Å². The summed E-state index contributed by atoms with van der Waals surface area (Å²) in [6.07, 6.45) is 2.39. The van der Waals surface area contributed by atoms with Crippen LogP contribution in [0.2, 0.25) is 0 Å². The van der Waals surface area contributed by atoms with Crippen LogP contribution < -0.4 is 14.4 Å². The first-order valence-corrected chi connectivity index (χ1v) is 10.3. The van der Waals surface area contributed by atoms with Gasteiger partial charge < -0.3 is 19.1 Å². The number of fused-ring (bicyclic) bond motifs is 1. The highest BCUT2D eigenvalue weighted by molar-refractivity contribution is 5.91. The first-order chi connectivity index (χ1) is 15.1. The summed E-state index contributed by atoms with van der Waals surface area (Å²) >= 11 is 0. The summed E-state index contributed by atoms with van der Waals surface area (Å²) in [7, 11) is 1.62. The average Bonchev–Trinajstić information content (AvgIpc) is 3.13. The van der Waals surface area contributed by atoms with Gasteiger partial charge >= 0.3 is 5.97 Å². The summed E-state index contributed by atoms with van der Waals surface area (Å²) in [6, 6.07) is 15.9. The number of carbonyl (C=O) groups excluding carboxylic acids is 1. The minimum absolute atomic E-state index is 0.195. The summed E-state index contributed by atoms with van der Waals surface area (Å²) < 4.78 is 16.3. The number of aromatic nitrogens is 2. The highest BCUT2D eigenvalue weighted by Gasteiger charge is 2.30. The quantitative estimate of drug-likeness (QED) is 0.528. The largest absolute Gasteiger partial charge is 0.497 e. The van der Waals surface area contributed by atoms with Gasteiger partial charge in [-0.2, -0.15) is 4.98 Å². The number of methoxy groups -OCH3 is 1. The standard InChI is InChI=1S/C24H25N3O4/c1-4-30-23(28)20-14-25-24(27-16(2)13-18-7-5-6-8-21(18)27)26-22(20)31-15-17-9-11-19(29-3)12-10-17/h5-12,14,16H,4,13,15H2,1-3H3/t16-/m1/s1.